The van der Waals surface area contributed by atoms with Gasteiger partial charge < -0.3 is 15.3 Å². The van der Waals surface area contributed by atoms with Crippen LogP contribution in [0.1, 0.15) is 44.0 Å². The van der Waals surface area contributed by atoms with Gasteiger partial charge in [0.25, 0.3) is 5.91 Å². The molecule has 3 rings (SSSR count). The Morgan fingerprint density at radius 1 is 1.25 bits per heavy atom. The summed E-state index contributed by atoms with van der Waals surface area (Å²) in [6, 6.07) is 7.17. The molecule has 2 N–H and O–H groups in total. The van der Waals surface area contributed by atoms with Crippen molar-refractivity contribution in [3.63, 3.8) is 0 Å². The van der Waals surface area contributed by atoms with Crippen molar-refractivity contribution in [1.82, 2.24) is 15.2 Å². The summed E-state index contributed by atoms with van der Waals surface area (Å²) in [5, 5.41) is 13.1. The zero-order chi connectivity index (χ0) is 20.5. The molecule has 0 aliphatic carbocycles. The second kappa shape index (κ2) is 7.58. The van der Waals surface area contributed by atoms with E-state index in [1.165, 1.54) is 4.90 Å². The summed E-state index contributed by atoms with van der Waals surface area (Å²) < 4.78 is 0. The number of nitrogens with one attached hydrogen (secondary N) is 1. The summed E-state index contributed by atoms with van der Waals surface area (Å²) in [6.45, 7) is 5.95. The van der Waals surface area contributed by atoms with Gasteiger partial charge in [0.05, 0.1) is 5.52 Å². The molecule has 0 radical (unpaired) electrons. The van der Waals surface area contributed by atoms with Crippen LogP contribution in [0.15, 0.2) is 36.5 Å². The Balaban J connectivity index is 1.84. The molecule has 1 aromatic heterocycles. The highest BCUT2D eigenvalue weighted by Gasteiger charge is 2.41. The van der Waals surface area contributed by atoms with E-state index in [0.29, 0.717) is 24.9 Å². The predicted octanol–water partition coefficient (Wildman–Crippen LogP) is 2.45. The molecular formula is C21H25N3O4. The number of carbonyl (C=O) groups is 3. The molecule has 0 unspecified atom stereocenters. The molecule has 2 amide bonds. The minimum absolute atomic E-state index is 0.354. The largest absolute Gasteiger partial charge is 0.480 e. The van der Waals surface area contributed by atoms with E-state index in [-0.39, 0.29) is 11.8 Å². The maximum atomic E-state index is 13.1. The molecule has 1 aliphatic heterocycles. The Hall–Kier alpha value is -2.96. The summed E-state index contributed by atoms with van der Waals surface area (Å²) in [6.07, 6.45) is 2.76. The highest BCUT2D eigenvalue weighted by atomic mass is 16.4. The number of pyridine rings is 1. The molecule has 0 saturated carbocycles. The minimum atomic E-state index is -1.01. The van der Waals surface area contributed by atoms with Gasteiger partial charge in [-0.05, 0) is 42.5 Å². The van der Waals surface area contributed by atoms with E-state index in [1.54, 1.807) is 30.5 Å². The van der Waals surface area contributed by atoms with Crippen molar-refractivity contribution >= 4 is 28.7 Å². The van der Waals surface area contributed by atoms with Gasteiger partial charge in [-0.15, -0.1) is 0 Å². The van der Waals surface area contributed by atoms with Gasteiger partial charge in [0.2, 0.25) is 5.91 Å². The number of carbonyl (C=O) groups excluding carboxylic acids is 2. The highest BCUT2D eigenvalue weighted by molar-refractivity contribution is 6.00. The Morgan fingerprint density at radius 3 is 2.68 bits per heavy atom. The monoisotopic (exact) mass is 383 g/mol. The van der Waals surface area contributed by atoms with Crippen molar-refractivity contribution in [2.24, 2.45) is 5.41 Å². The van der Waals surface area contributed by atoms with Gasteiger partial charge >= 0.3 is 5.97 Å². The van der Waals surface area contributed by atoms with Crippen LogP contribution in [0.25, 0.3) is 10.9 Å². The van der Waals surface area contributed by atoms with Crippen LogP contribution in [-0.4, -0.2) is 51.4 Å². The molecule has 1 aromatic carbocycles. The van der Waals surface area contributed by atoms with Gasteiger partial charge in [0.15, 0.2) is 0 Å². The number of aromatic nitrogens is 1. The van der Waals surface area contributed by atoms with Crippen molar-refractivity contribution < 1.29 is 19.5 Å². The van der Waals surface area contributed by atoms with Crippen LogP contribution in [0, 0.1) is 5.41 Å². The first-order valence-electron chi connectivity index (χ1n) is 9.37. The van der Waals surface area contributed by atoms with E-state index in [2.05, 4.69) is 10.3 Å². The zero-order valence-corrected chi connectivity index (χ0v) is 16.3. The van der Waals surface area contributed by atoms with Gasteiger partial charge in [0, 0.05) is 23.7 Å². The number of rotatable bonds is 4. The van der Waals surface area contributed by atoms with Crippen LogP contribution in [0.3, 0.4) is 0 Å². The lowest BCUT2D eigenvalue weighted by Gasteiger charge is -2.34. The fraction of sp³-hybridized carbons (Fsp3) is 0.429. The molecule has 1 aliphatic rings. The summed E-state index contributed by atoms with van der Waals surface area (Å²) >= 11 is 0. The van der Waals surface area contributed by atoms with Crippen LogP contribution in [0.4, 0.5) is 0 Å². The van der Waals surface area contributed by atoms with Crippen LogP contribution in [-0.2, 0) is 9.59 Å². The average Bonchev–Trinajstić information content (AvgIpc) is 3.14. The van der Waals surface area contributed by atoms with E-state index < -0.39 is 23.5 Å². The molecule has 1 saturated heterocycles. The molecule has 2 atom stereocenters. The Kier molecular flexibility index (Phi) is 5.36. The van der Waals surface area contributed by atoms with Gasteiger partial charge in [-0.2, -0.15) is 0 Å². The first kappa shape index (κ1) is 19.8. The topological polar surface area (TPSA) is 99.6 Å². The van der Waals surface area contributed by atoms with E-state index in [4.69, 9.17) is 0 Å². The first-order chi connectivity index (χ1) is 13.2. The standard InChI is InChI=1S/C21H25N3O4/c1-21(2,3)17(19(26)24-11-5-7-16(24)20(27)28)23-18(25)14-8-9-15-13(12-14)6-4-10-22-15/h4,6,8-10,12,16-17H,5,7,11H2,1-3H3,(H,23,25)(H,27,28)/t16-,17+/m1/s1. The Bertz CT molecular complexity index is 919. The lowest BCUT2D eigenvalue weighted by Crippen LogP contribution is -2.56. The molecule has 0 bridgehead atoms. The highest BCUT2D eigenvalue weighted by Crippen LogP contribution is 2.26. The Morgan fingerprint density at radius 2 is 2.00 bits per heavy atom. The molecule has 1 fully saturated rings. The summed E-state index contributed by atoms with van der Waals surface area (Å²) in [4.78, 5) is 43.1. The molecule has 7 nitrogen and oxygen atoms in total. The lowest BCUT2D eigenvalue weighted by atomic mass is 9.85. The first-order valence-corrected chi connectivity index (χ1v) is 9.37. The van der Waals surface area contributed by atoms with E-state index in [1.807, 2.05) is 26.8 Å². The second-order valence-corrected chi connectivity index (χ2v) is 8.21. The molecule has 28 heavy (non-hydrogen) atoms. The molecule has 2 heterocycles. The van der Waals surface area contributed by atoms with Gasteiger partial charge in [0.1, 0.15) is 12.1 Å². The maximum absolute atomic E-state index is 13.1. The smallest absolute Gasteiger partial charge is 0.326 e. The zero-order valence-electron chi connectivity index (χ0n) is 16.3. The van der Waals surface area contributed by atoms with Crippen molar-refractivity contribution in [1.29, 1.82) is 0 Å². The maximum Gasteiger partial charge on any atom is 0.326 e. The molecule has 0 spiro atoms. The number of carboxylic acids is 1. The van der Waals surface area contributed by atoms with Gasteiger partial charge in [-0.1, -0.05) is 26.8 Å². The minimum Gasteiger partial charge on any atom is -0.480 e. The van der Waals surface area contributed by atoms with Crippen LogP contribution < -0.4 is 5.32 Å². The molecular weight excluding hydrogens is 358 g/mol. The predicted molar refractivity (Wildman–Crippen MR) is 105 cm³/mol. The third-order valence-corrected chi connectivity index (χ3v) is 5.07. The number of hydrogen-bond acceptors (Lipinski definition) is 4. The fourth-order valence-electron chi connectivity index (χ4n) is 3.53. The number of hydrogen-bond donors (Lipinski definition) is 2. The number of amides is 2. The molecule has 148 valence electrons. The average molecular weight is 383 g/mol. The number of nitrogens with zero attached hydrogens (tertiary/aromatic N) is 2. The van der Waals surface area contributed by atoms with Gasteiger partial charge in [-0.3, -0.25) is 14.6 Å². The lowest BCUT2D eigenvalue weighted by molar-refractivity contribution is -0.150. The van der Waals surface area contributed by atoms with E-state index in [0.717, 1.165) is 10.9 Å². The number of carboxylic acid groups (broad SMARTS) is 1. The van der Waals surface area contributed by atoms with Crippen LogP contribution >= 0.6 is 0 Å². The van der Waals surface area contributed by atoms with Crippen molar-refractivity contribution in [3.05, 3.63) is 42.1 Å². The van der Waals surface area contributed by atoms with Crippen LogP contribution in [0.2, 0.25) is 0 Å². The molecule has 2 aromatic rings. The number of aliphatic carboxylic acids is 1. The third-order valence-electron chi connectivity index (χ3n) is 5.07. The van der Waals surface area contributed by atoms with Crippen molar-refractivity contribution in [3.8, 4) is 0 Å². The summed E-state index contributed by atoms with van der Waals surface area (Å²) in [7, 11) is 0. The van der Waals surface area contributed by atoms with Crippen molar-refractivity contribution in [2.45, 2.75) is 45.7 Å². The third kappa shape index (κ3) is 3.98. The SMILES string of the molecule is CC(C)(C)[C@@H](NC(=O)c1ccc2ncccc2c1)C(=O)N1CCC[C@@H]1C(=O)O. The van der Waals surface area contributed by atoms with Crippen LogP contribution in [0.5, 0.6) is 0 Å². The normalized spacial score (nSPS) is 18.1. The second-order valence-electron chi connectivity index (χ2n) is 8.21. The number of fused-ring (bicyclic) bond motifs is 1. The van der Waals surface area contributed by atoms with Crippen molar-refractivity contribution in [2.75, 3.05) is 6.54 Å². The van der Waals surface area contributed by atoms with E-state index in [9.17, 15) is 19.5 Å². The molecule has 7 heteroatoms. The van der Waals surface area contributed by atoms with E-state index >= 15 is 0 Å². The number of benzene rings is 1. The number of likely N-dealkylation sites (tertiary alicyclic amines) is 1. The summed E-state index contributed by atoms with van der Waals surface area (Å²) in [5.41, 5.74) is 0.638. The Labute approximate surface area is 163 Å². The quantitative estimate of drug-likeness (QED) is 0.845. The van der Waals surface area contributed by atoms with Gasteiger partial charge in [-0.25, -0.2) is 4.79 Å². The fourth-order valence-corrected chi connectivity index (χ4v) is 3.53. The summed E-state index contributed by atoms with van der Waals surface area (Å²) in [5.74, 6) is -1.73.